The summed E-state index contributed by atoms with van der Waals surface area (Å²) >= 11 is 0. The van der Waals surface area contributed by atoms with E-state index in [2.05, 4.69) is 17.2 Å². The van der Waals surface area contributed by atoms with Gasteiger partial charge in [0.1, 0.15) is 5.69 Å². The molecule has 0 fully saturated rings. The molecule has 2 aromatic rings. The lowest BCUT2D eigenvalue weighted by atomic mass is 10.1. The highest BCUT2D eigenvalue weighted by Crippen LogP contribution is 2.14. The van der Waals surface area contributed by atoms with Crippen molar-refractivity contribution >= 4 is 21.6 Å². The maximum Gasteiger partial charge on any atom is 0.274 e. The van der Waals surface area contributed by atoms with Crippen LogP contribution in [0.15, 0.2) is 47.5 Å². The van der Waals surface area contributed by atoms with Gasteiger partial charge >= 0.3 is 0 Å². The minimum atomic E-state index is -3.71. The number of carbonyl (C=O) groups excluding carboxylic acids is 1. The van der Waals surface area contributed by atoms with Crippen LogP contribution in [0.5, 0.6) is 0 Å². The fourth-order valence-corrected chi connectivity index (χ4v) is 2.90. The molecule has 1 aromatic heterocycles. The van der Waals surface area contributed by atoms with Crippen LogP contribution in [0, 0.1) is 0 Å². The molecule has 1 amide bonds. The lowest BCUT2D eigenvalue weighted by molar-refractivity contribution is 0.102. The smallest absolute Gasteiger partial charge is 0.274 e. The second kappa shape index (κ2) is 8.70. The zero-order chi connectivity index (χ0) is 18.3. The number of benzene rings is 1. The molecule has 0 unspecified atom stereocenters. The van der Waals surface area contributed by atoms with E-state index < -0.39 is 10.0 Å². The number of carbonyl (C=O) groups is 1. The normalized spacial score (nSPS) is 11.3. The van der Waals surface area contributed by atoms with Crippen molar-refractivity contribution in [2.45, 2.75) is 37.5 Å². The third-order valence-electron chi connectivity index (χ3n) is 3.70. The first-order valence-corrected chi connectivity index (χ1v) is 9.53. The summed E-state index contributed by atoms with van der Waals surface area (Å²) in [5.41, 5.74) is 1.88. The molecule has 7 nitrogen and oxygen atoms in total. The van der Waals surface area contributed by atoms with Gasteiger partial charge in [-0.25, -0.2) is 8.42 Å². The molecule has 134 valence electrons. The van der Waals surface area contributed by atoms with Crippen LogP contribution >= 0.6 is 0 Å². The van der Waals surface area contributed by atoms with E-state index in [-0.39, 0.29) is 10.8 Å². The number of hydrazine groups is 1. The summed E-state index contributed by atoms with van der Waals surface area (Å²) in [5, 5.41) is 2.68. The average Bonchev–Trinajstić information content (AvgIpc) is 2.63. The quantitative estimate of drug-likeness (QED) is 0.378. The summed E-state index contributed by atoms with van der Waals surface area (Å²) in [7, 11) is -3.71. The number of hydrogen-bond acceptors (Lipinski definition) is 5. The van der Waals surface area contributed by atoms with E-state index in [1.807, 2.05) is 6.07 Å². The Morgan fingerprint density at radius 2 is 1.84 bits per heavy atom. The molecular weight excluding hydrogens is 340 g/mol. The fourth-order valence-electron chi connectivity index (χ4n) is 2.27. The van der Waals surface area contributed by atoms with E-state index in [0.717, 1.165) is 24.8 Å². The molecule has 25 heavy (non-hydrogen) atoms. The Labute approximate surface area is 147 Å². The molecule has 4 N–H and O–H groups in total. The molecule has 0 radical (unpaired) electrons. The highest BCUT2D eigenvalue weighted by atomic mass is 32.2. The molecule has 0 spiro atoms. The lowest BCUT2D eigenvalue weighted by Crippen LogP contribution is -2.30. The van der Waals surface area contributed by atoms with Crippen molar-refractivity contribution in [1.29, 1.82) is 0 Å². The van der Waals surface area contributed by atoms with Crippen LogP contribution in [0.3, 0.4) is 0 Å². The van der Waals surface area contributed by atoms with Gasteiger partial charge in [0, 0.05) is 11.9 Å². The Balaban J connectivity index is 1.99. The van der Waals surface area contributed by atoms with Crippen molar-refractivity contribution in [3.8, 4) is 0 Å². The van der Waals surface area contributed by atoms with Crippen molar-refractivity contribution < 1.29 is 13.2 Å². The Kier molecular flexibility index (Phi) is 6.63. The second-order valence-electron chi connectivity index (χ2n) is 5.61. The molecule has 0 saturated carbocycles. The Bertz CT molecular complexity index is 803. The number of aryl methyl sites for hydroxylation is 1. The van der Waals surface area contributed by atoms with Gasteiger partial charge in [-0.1, -0.05) is 25.8 Å². The van der Waals surface area contributed by atoms with E-state index in [0.29, 0.717) is 11.4 Å². The third kappa shape index (κ3) is 5.35. The van der Waals surface area contributed by atoms with Crippen LogP contribution in [0.4, 0.5) is 5.69 Å². The number of rotatable bonds is 8. The monoisotopic (exact) mass is 362 g/mol. The van der Waals surface area contributed by atoms with Gasteiger partial charge in [0.2, 0.25) is 0 Å². The molecular formula is C17H22N4O3S. The zero-order valence-electron chi connectivity index (χ0n) is 14.0. The first-order chi connectivity index (χ1) is 12.0. The molecule has 0 aliphatic carbocycles. The molecule has 0 aliphatic heterocycles. The van der Waals surface area contributed by atoms with Crippen LogP contribution in [0.2, 0.25) is 0 Å². The van der Waals surface area contributed by atoms with Crippen LogP contribution in [-0.4, -0.2) is 19.3 Å². The Hall–Kier alpha value is -2.29. The van der Waals surface area contributed by atoms with Crippen molar-refractivity contribution in [2.75, 3.05) is 5.32 Å². The van der Waals surface area contributed by atoms with E-state index in [1.54, 1.807) is 17.1 Å². The van der Waals surface area contributed by atoms with Crippen LogP contribution < -0.4 is 16.0 Å². The number of hydrogen-bond donors (Lipinski definition) is 3. The van der Waals surface area contributed by atoms with Gasteiger partial charge in [0.15, 0.2) is 0 Å². The summed E-state index contributed by atoms with van der Waals surface area (Å²) in [4.78, 5) is 18.1. The Morgan fingerprint density at radius 3 is 2.40 bits per heavy atom. The van der Waals surface area contributed by atoms with Gasteiger partial charge in [-0.05, 0) is 48.7 Å². The largest absolute Gasteiger partial charge is 0.321 e. The second-order valence-corrected chi connectivity index (χ2v) is 7.32. The van der Waals surface area contributed by atoms with Crippen LogP contribution in [0.1, 0.15) is 42.2 Å². The summed E-state index contributed by atoms with van der Waals surface area (Å²) < 4.78 is 23.1. The van der Waals surface area contributed by atoms with Gasteiger partial charge < -0.3 is 5.32 Å². The number of nitrogens with zero attached hydrogens (tertiary/aromatic N) is 1. The topological polar surface area (TPSA) is 114 Å². The minimum Gasteiger partial charge on any atom is -0.321 e. The van der Waals surface area contributed by atoms with Gasteiger partial charge in [-0.2, -0.15) is 4.83 Å². The highest BCUT2D eigenvalue weighted by Gasteiger charge is 2.12. The highest BCUT2D eigenvalue weighted by molar-refractivity contribution is 7.89. The maximum atomic E-state index is 12.2. The van der Waals surface area contributed by atoms with E-state index in [4.69, 9.17) is 5.84 Å². The lowest BCUT2D eigenvalue weighted by Gasteiger charge is -2.07. The number of aromatic nitrogens is 1. The van der Waals surface area contributed by atoms with Gasteiger partial charge in [-0.3, -0.25) is 15.6 Å². The van der Waals surface area contributed by atoms with Crippen molar-refractivity contribution in [2.24, 2.45) is 5.84 Å². The molecule has 8 heteroatoms. The molecule has 1 aromatic carbocycles. The van der Waals surface area contributed by atoms with Gasteiger partial charge in [0.05, 0.1) is 4.90 Å². The van der Waals surface area contributed by atoms with Crippen molar-refractivity contribution in [3.05, 3.63) is 53.9 Å². The van der Waals surface area contributed by atoms with Crippen LogP contribution in [0.25, 0.3) is 0 Å². The van der Waals surface area contributed by atoms with E-state index in [9.17, 15) is 13.2 Å². The van der Waals surface area contributed by atoms with E-state index in [1.165, 1.54) is 30.7 Å². The SMILES string of the molecule is CCCCCc1ccc(C(=O)Nc2ccc(S(=O)(=O)NN)cc2)nc1. The fraction of sp³-hybridized carbons (Fsp3) is 0.294. The molecule has 0 saturated heterocycles. The summed E-state index contributed by atoms with van der Waals surface area (Å²) in [6.07, 6.45) is 6.11. The number of anilines is 1. The molecule has 2 rings (SSSR count). The summed E-state index contributed by atoms with van der Waals surface area (Å²) in [5.74, 6) is 4.61. The molecule has 0 aliphatic rings. The number of pyridine rings is 1. The number of sulfonamides is 1. The van der Waals surface area contributed by atoms with Crippen molar-refractivity contribution in [1.82, 2.24) is 9.82 Å². The standard InChI is InChI=1S/C17H22N4O3S/c1-2-3-4-5-13-6-11-16(19-12-13)17(22)20-14-7-9-15(10-8-14)25(23,24)21-18/h6-12,21H,2-5,18H2,1H3,(H,20,22). The maximum absolute atomic E-state index is 12.2. The number of nitrogens with one attached hydrogen (secondary N) is 2. The number of nitrogens with two attached hydrogens (primary N) is 1. The number of unbranched alkanes of at least 4 members (excludes halogenated alkanes) is 2. The van der Waals surface area contributed by atoms with Gasteiger partial charge in [-0.15, -0.1) is 0 Å². The minimum absolute atomic E-state index is 0.0163. The summed E-state index contributed by atoms with van der Waals surface area (Å²) in [6.45, 7) is 2.15. The summed E-state index contributed by atoms with van der Waals surface area (Å²) in [6, 6.07) is 9.28. The number of amides is 1. The zero-order valence-corrected chi connectivity index (χ0v) is 14.8. The Morgan fingerprint density at radius 1 is 1.12 bits per heavy atom. The van der Waals surface area contributed by atoms with Crippen LogP contribution in [-0.2, 0) is 16.4 Å². The predicted molar refractivity (Wildman–Crippen MR) is 96.4 cm³/mol. The first kappa shape index (κ1) is 19.0. The average molecular weight is 362 g/mol. The molecule has 0 atom stereocenters. The molecule has 0 bridgehead atoms. The van der Waals surface area contributed by atoms with Crippen molar-refractivity contribution in [3.63, 3.8) is 0 Å². The third-order valence-corrected chi connectivity index (χ3v) is 4.91. The van der Waals surface area contributed by atoms with Gasteiger partial charge in [0.25, 0.3) is 15.9 Å². The molecule has 1 heterocycles. The first-order valence-electron chi connectivity index (χ1n) is 8.05. The predicted octanol–water partition coefficient (Wildman–Crippen LogP) is 2.22. The van der Waals surface area contributed by atoms with E-state index >= 15 is 0 Å².